The lowest BCUT2D eigenvalue weighted by Crippen LogP contribution is -2.39. The molecule has 0 bridgehead atoms. The molecule has 0 amide bonds. The van der Waals surface area contributed by atoms with Gasteiger partial charge in [-0.3, -0.25) is 0 Å². The molecule has 0 spiro atoms. The maximum absolute atomic E-state index is 11.5. The maximum Gasteiger partial charge on any atom is 0.238 e. The highest BCUT2D eigenvalue weighted by Gasteiger charge is 2.23. The van der Waals surface area contributed by atoms with Gasteiger partial charge >= 0.3 is 0 Å². The van der Waals surface area contributed by atoms with Crippen LogP contribution in [-0.4, -0.2) is 32.7 Å². The molecule has 2 rings (SSSR count). The van der Waals surface area contributed by atoms with Crippen LogP contribution >= 0.6 is 0 Å². The molecule has 0 atom stereocenters. The van der Waals surface area contributed by atoms with E-state index in [1.54, 1.807) is 6.07 Å². The van der Waals surface area contributed by atoms with Crippen LogP contribution in [0.3, 0.4) is 0 Å². The highest BCUT2D eigenvalue weighted by Crippen LogP contribution is 2.32. The fourth-order valence-electron chi connectivity index (χ4n) is 2.95. The Morgan fingerprint density at radius 1 is 1.24 bits per heavy atom. The second kappa shape index (κ2) is 6.64. The number of benzene rings is 1. The number of sulfonamides is 1. The van der Waals surface area contributed by atoms with E-state index in [9.17, 15) is 13.5 Å². The Labute approximate surface area is 125 Å². The Balaban J connectivity index is 2.38. The molecule has 6 nitrogen and oxygen atoms in total. The van der Waals surface area contributed by atoms with Crippen LogP contribution in [0.5, 0.6) is 0 Å². The molecular weight excluding hydrogens is 290 g/mol. The quantitative estimate of drug-likeness (QED) is 0.704. The van der Waals surface area contributed by atoms with Crippen molar-refractivity contribution < 1.29 is 13.5 Å². The van der Waals surface area contributed by atoms with E-state index in [0.717, 1.165) is 25.7 Å². The molecule has 1 aromatic rings. The highest BCUT2D eigenvalue weighted by molar-refractivity contribution is 7.89. The van der Waals surface area contributed by atoms with Gasteiger partial charge in [0.25, 0.3) is 0 Å². The number of primary sulfonamides is 1. The van der Waals surface area contributed by atoms with Gasteiger partial charge in [0.1, 0.15) is 0 Å². The summed E-state index contributed by atoms with van der Waals surface area (Å²) in [5.74, 6) is 0. The first kappa shape index (κ1) is 16.1. The third-order valence-electron chi connectivity index (χ3n) is 4.00. The molecule has 1 aliphatic rings. The van der Waals surface area contributed by atoms with Crippen LogP contribution in [0.25, 0.3) is 0 Å². The zero-order valence-electron chi connectivity index (χ0n) is 12.0. The molecule has 21 heavy (non-hydrogen) atoms. The average Bonchev–Trinajstić information content (AvgIpc) is 2.45. The summed E-state index contributed by atoms with van der Waals surface area (Å²) in [7, 11) is -3.77. The fourth-order valence-corrected chi connectivity index (χ4v) is 3.48. The molecule has 5 N–H and O–H groups in total. The Morgan fingerprint density at radius 2 is 1.90 bits per heavy atom. The van der Waals surface area contributed by atoms with Crippen molar-refractivity contribution in [2.45, 2.75) is 43.0 Å². The topological polar surface area (TPSA) is 110 Å². The van der Waals surface area contributed by atoms with Gasteiger partial charge < -0.3 is 15.7 Å². The molecule has 0 unspecified atom stereocenters. The van der Waals surface area contributed by atoms with Crippen molar-refractivity contribution in [3.63, 3.8) is 0 Å². The van der Waals surface area contributed by atoms with Gasteiger partial charge in [0.05, 0.1) is 22.9 Å². The Kier molecular flexibility index (Phi) is 5.08. The SMILES string of the molecule is Nc1ccc(S(N)(=O)=O)cc1N(CCO)C1CCCCC1. The van der Waals surface area contributed by atoms with Crippen molar-refractivity contribution in [3.05, 3.63) is 18.2 Å². The van der Waals surface area contributed by atoms with E-state index in [-0.39, 0.29) is 17.5 Å². The summed E-state index contributed by atoms with van der Waals surface area (Å²) in [5.41, 5.74) is 7.15. The summed E-state index contributed by atoms with van der Waals surface area (Å²) in [5, 5.41) is 14.5. The van der Waals surface area contributed by atoms with Crippen LogP contribution in [0.1, 0.15) is 32.1 Å². The number of aliphatic hydroxyl groups is 1. The van der Waals surface area contributed by atoms with Crippen LogP contribution in [-0.2, 0) is 10.0 Å². The molecule has 7 heteroatoms. The van der Waals surface area contributed by atoms with Gasteiger partial charge in [-0.2, -0.15) is 0 Å². The van der Waals surface area contributed by atoms with Crippen LogP contribution in [0.2, 0.25) is 0 Å². The molecule has 1 saturated carbocycles. The smallest absolute Gasteiger partial charge is 0.238 e. The van der Waals surface area contributed by atoms with E-state index in [0.29, 0.717) is 17.9 Å². The van der Waals surface area contributed by atoms with Gasteiger partial charge in [0, 0.05) is 12.6 Å². The third-order valence-corrected chi connectivity index (χ3v) is 4.91. The van der Waals surface area contributed by atoms with Crippen LogP contribution < -0.4 is 15.8 Å². The Bertz CT molecular complexity index is 583. The minimum absolute atomic E-state index is 0.00442. The standard InChI is InChI=1S/C14H23N3O3S/c15-13-7-6-12(21(16,19)20)10-14(13)17(8-9-18)11-4-2-1-3-5-11/h6-7,10-11,18H,1-5,8-9,15H2,(H2,16,19,20). The van der Waals surface area contributed by atoms with Gasteiger partial charge in [0.2, 0.25) is 10.0 Å². The molecule has 1 aromatic carbocycles. The molecule has 1 fully saturated rings. The first-order chi connectivity index (χ1) is 9.93. The lowest BCUT2D eigenvalue weighted by molar-refractivity contribution is 0.290. The summed E-state index contributed by atoms with van der Waals surface area (Å²) in [6, 6.07) is 4.76. The van der Waals surface area contributed by atoms with E-state index in [1.807, 2.05) is 4.90 Å². The fraction of sp³-hybridized carbons (Fsp3) is 0.571. The second-order valence-electron chi connectivity index (χ2n) is 5.47. The van der Waals surface area contributed by atoms with E-state index < -0.39 is 10.0 Å². The molecule has 0 heterocycles. The lowest BCUT2D eigenvalue weighted by Gasteiger charge is -2.36. The van der Waals surface area contributed by atoms with E-state index in [1.165, 1.54) is 18.6 Å². The maximum atomic E-state index is 11.5. The Hall–Kier alpha value is -1.31. The van der Waals surface area contributed by atoms with Crippen molar-refractivity contribution in [3.8, 4) is 0 Å². The zero-order valence-corrected chi connectivity index (χ0v) is 12.8. The largest absolute Gasteiger partial charge is 0.397 e. The summed E-state index contributed by atoms with van der Waals surface area (Å²) >= 11 is 0. The molecular formula is C14H23N3O3S. The van der Waals surface area contributed by atoms with Crippen molar-refractivity contribution in [1.82, 2.24) is 0 Å². The summed E-state index contributed by atoms with van der Waals surface area (Å²) in [6.45, 7) is 0.429. The Morgan fingerprint density at radius 3 is 2.48 bits per heavy atom. The van der Waals surface area contributed by atoms with E-state index in [4.69, 9.17) is 10.9 Å². The number of aliphatic hydroxyl groups excluding tert-OH is 1. The van der Waals surface area contributed by atoms with E-state index >= 15 is 0 Å². The number of nitrogen functional groups attached to an aromatic ring is 1. The summed E-state index contributed by atoms with van der Waals surface area (Å²) in [6.07, 6.45) is 5.55. The van der Waals surface area contributed by atoms with E-state index in [2.05, 4.69) is 0 Å². The number of hydrogen-bond acceptors (Lipinski definition) is 5. The lowest BCUT2D eigenvalue weighted by atomic mass is 9.93. The number of rotatable bonds is 5. The number of nitrogens with zero attached hydrogens (tertiary/aromatic N) is 1. The number of nitrogens with two attached hydrogens (primary N) is 2. The minimum atomic E-state index is -3.77. The molecule has 0 saturated heterocycles. The monoisotopic (exact) mass is 313 g/mol. The van der Waals surface area contributed by atoms with Gasteiger partial charge in [-0.05, 0) is 31.0 Å². The van der Waals surface area contributed by atoms with Crippen molar-refractivity contribution >= 4 is 21.4 Å². The molecule has 0 aliphatic heterocycles. The third kappa shape index (κ3) is 3.87. The highest BCUT2D eigenvalue weighted by atomic mass is 32.2. The van der Waals surface area contributed by atoms with Crippen LogP contribution in [0.15, 0.2) is 23.1 Å². The van der Waals surface area contributed by atoms with Gasteiger partial charge in [0.15, 0.2) is 0 Å². The number of hydrogen-bond donors (Lipinski definition) is 3. The van der Waals surface area contributed by atoms with Crippen LogP contribution in [0.4, 0.5) is 11.4 Å². The minimum Gasteiger partial charge on any atom is -0.397 e. The first-order valence-corrected chi connectivity index (χ1v) is 8.78. The molecule has 1 aliphatic carbocycles. The first-order valence-electron chi connectivity index (χ1n) is 7.23. The van der Waals surface area contributed by atoms with Gasteiger partial charge in [-0.15, -0.1) is 0 Å². The zero-order chi connectivity index (χ0) is 15.5. The summed E-state index contributed by atoms with van der Waals surface area (Å²) in [4.78, 5) is 2.06. The molecule has 0 radical (unpaired) electrons. The van der Waals surface area contributed by atoms with Crippen molar-refractivity contribution in [2.24, 2.45) is 5.14 Å². The second-order valence-corrected chi connectivity index (χ2v) is 7.04. The normalized spacial score (nSPS) is 16.9. The predicted molar refractivity (Wildman–Crippen MR) is 83.5 cm³/mol. The summed E-state index contributed by atoms with van der Waals surface area (Å²) < 4.78 is 23.0. The van der Waals surface area contributed by atoms with Gasteiger partial charge in [-0.25, -0.2) is 13.6 Å². The van der Waals surface area contributed by atoms with Crippen molar-refractivity contribution in [2.75, 3.05) is 23.8 Å². The van der Waals surface area contributed by atoms with Crippen LogP contribution in [0, 0.1) is 0 Å². The number of anilines is 2. The van der Waals surface area contributed by atoms with Gasteiger partial charge in [-0.1, -0.05) is 19.3 Å². The van der Waals surface area contributed by atoms with Crippen molar-refractivity contribution in [1.29, 1.82) is 0 Å². The molecule has 0 aromatic heterocycles. The molecule has 118 valence electrons. The average molecular weight is 313 g/mol. The predicted octanol–water partition coefficient (Wildman–Crippen LogP) is 1.05.